The molecule has 3 rings (SSSR count). The lowest BCUT2D eigenvalue weighted by molar-refractivity contribution is 0.598. The Morgan fingerprint density at radius 2 is 1.95 bits per heavy atom. The fraction of sp³-hybridized carbons (Fsp3) is 0.0714. The summed E-state index contributed by atoms with van der Waals surface area (Å²) in [6, 6.07) is 12.8. The van der Waals surface area contributed by atoms with Gasteiger partial charge in [0.1, 0.15) is 10.7 Å². The van der Waals surface area contributed by atoms with Gasteiger partial charge in [-0.2, -0.15) is 8.42 Å². The van der Waals surface area contributed by atoms with Gasteiger partial charge in [-0.3, -0.25) is 0 Å². The average molecular weight is 322 g/mol. The first-order valence-corrected chi connectivity index (χ1v) is 8.55. The molecule has 2 aromatic carbocycles. The van der Waals surface area contributed by atoms with Crippen LogP contribution in [0.3, 0.4) is 0 Å². The number of fused-ring (bicyclic) bond motifs is 1. The summed E-state index contributed by atoms with van der Waals surface area (Å²) in [6.45, 7) is 0. The maximum absolute atomic E-state index is 13.1. The van der Waals surface area contributed by atoms with Gasteiger partial charge in [-0.1, -0.05) is 36.0 Å². The van der Waals surface area contributed by atoms with Gasteiger partial charge in [0.25, 0.3) is 10.0 Å². The molecule has 1 aliphatic rings. The number of para-hydroxylation sites is 1. The molecule has 0 unspecified atom stereocenters. The van der Waals surface area contributed by atoms with Crippen molar-refractivity contribution < 1.29 is 12.8 Å². The van der Waals surface area contributed by atoms with Crippen molar-refractivity contribution in [2.45, 2.75) is 10.6 Å². The fourth-order valence-electron chi connectivity index (χ4n) is 1.93. The summed E-state index contributed by atoms with van der Waals surface area (Å²) in [5, 5.41) is 3.27. The quantitative estimate of drug-likeness (QED) is 0.922. The van der Waals surface area contributed by atoms with Crippen molar-refractivity contribution in [3.8, 4) is 0 Å². The van der Waals surface area contributed by atoms with E-state index < -0.39 is 10.0 Å². The Bertz CT molecular complexity index is 819. The number of anilines is 1. The molecule has 0 aliphatic carbocycles. The third-order valence-corrected chi connectivity index (χ3v) is 5.27. The molecule has 0 bridgehead atoms. The van der Waals surface area contributed by atoms with E-state index in [1.807, 2.05) is 0 Å². The lowest BCUT2D eigenvalue weighted by atomic mass is 10.2. The summed E-state index contributed by atoms with van der Waals surface area (Å²) in [6.07, 6.45) is 0. The van der Waals surface area contributed by atoms with Crippen molar-refractivity contribution in [2.24, 2.45) is 4.40 Å². The van der Waals surface area contributed by atoms with Crippen LogP contribution in [0.5, 0.6) is 0 Å². The van der Waals surface area contributed by atoms with Crippen LogP contribution < -0.4 is 5.32 Å². The minimum atomic E-state index is -3.67. The van der Waals surface area contributed by atoms with Crippen LogP contribution in [0.1, 0.15) is 5.56 Å². The van der Waals surface area contributed by atoms with Gasteiger partial charge in [0.15, 0.2) is 5.17 Å². The van der Waals surface area contributed by atoms with E-state index in [0.29, 0.717) is 11.4 Å². The Morgan fingerprint density at radius 3 is 2.76 bits per heavy atom. The molecule has 0 atom stereocenters. The van der Waals surface area contributed by atoms with E-state index in [4.69, 9.17) is 0 Å². The highest BCUT2D eigenvalue weighted by Crippen LogP contribution is 2.29. The molecule has 1 heterocycles. The lowest BCUT2D eigenvalue weighted by Crippen LogP contribution is -2.18. The Kier molecular flexibility index (Phi) is 3.69. The Hall–Kier alpha value is -1.86. The predicted octanol–water partition coefficient (Wildman–Crippen LogP) is 3.23. The molecule has 0 radical (unpaired) electrons. The monoisotopic (exact) mass is 322 g/mol. The summed E-state index contributed by atoms with van der Waals surface area (Å²) in [5.74, 6) is 0.117. The lowest BCUT2D eigenvalue weighted by Gasteiger charge is -2.17. The minimum absolute atomic E-state index is 0.167. The average Bonchev–Trinajstić information content (AvgIpc) is 2.45. The van der Waals surface area contributed by atoms with Crippen LogP contribution in [0.25, 0.3) is 0 Å². The first-order chi connectivity index (χ1) is 10.0. The number of hydrogen-bond donors (Lipinski definition) is 1. The number of nitrogens with zero attached hydrogens (tertiary/aromatic N) is 1. The van der Waals surface area contributed by atoms with E-state index in [0.717, 1.165) is 5.56 Å². The van der Waals surface area contributed by atoms with Gasteiger partial charge in [-0.25, -0.2) is 4.39 Å². The zero-order chi connectivity index (χ0) is 14.9. The highest BCUT2D eigenvalue weighted by atomic mass is 32.2. The number of thioether (sulfide) groups is 1. The Morgan fingerprint density at radius 1 is 1.14 bits per heavy atom. The molecule has 4 nitrogen and oxygen atoms in total. The standard InChI is InChI=1S/C14H11FN2O2S2/c15-11-5-3-4-10(8-11)9-20-14-16-12-6-1-2-7-13(12)21(18,19)17-14/h1-8H,9H2,(H,16,17). The molecule has 1 aliphatic heterocycles. The molecule has 0 saturated heterocycles. The molecule has 108 valence electrons. The molecule has 7 heteroatoms. The highest BCUT2D eigenvalue weighted by Gasteiger charge is 2.24. The van der Waals surface area contributed by atoms with Crippen LogP contribution in [0, 0.1) is 5.82 Å². The zero-order valence-corrected chi connectivity index (χ0v) is 12.4. The zero-order valence-electron chi connectivity index (χ0n) is 10.8. The number of rotatable bonds is 2. The normalized spacial score (nSPS) is 15.8. The largest absolute Gasteiger partial charge is 0.333 e. The van der Waals surface area contributed by atoms with Crippen LogP contribution >= 0.6 is 11.8 Å². The first kappa shape index (κ1) is 14.1. The maximum Gasteiger partial charge on any atom is 0.286 e. The smallest absolute Gasteiger partial charge is 0.286 e. The van der Waals surface area contributed by atoms with Crippen LogP contribution in [-0.2, 0) is 15.8 Å². The van der Waals surface area contributed by atoms with E-state index in [9.17, 15) is 12.8 Å². The van der Waals surface area contributed by atoms with Crippen molar-refractivity contribution in [2.75, 3.05) is 5.32 Å². The predicted molar refractivity (Wildman–Crippen MR) is 82.4 cm³/mol. The number of halogens is 1. The molecule has 0 aromatic heterocycles. The topological polar surface area (TPSA) is 58.5 Å². The highest BCUT2D eigenvalue weighted by molar-refractivity contribution is 8.14. The van der Waals surface area contributed by atoms with Gasteiger partial charge in [0.05, 0.1) is 5.69 Å². The summed E-state index contributed by atoms with van der Waals surface area (Å²) in [5.41, 5.74) is 1.27. The Labute approximate surface area is 126 Å². The summed E-state index contributed by atoms with van der Waals surface area (Å²) >= 11 is 1.22. The van der Waals surface area contributed by atoms with Crippen molar-refractivity contribution in [3.63, 3.8) is 0 Å². The molecule has 0 amide bonds. The molecular formula is C14H11FN2O2S2. The minimum Gasteiger partial charge on any atom is -0.333 e. The third-order valence-electron chi connectivity index (χ3n) is 2.87. The van der Waals surface area contributed by atoms with Gasteiger partial charge in [-0.05, 0) is 29.8 Å². The number of amidine groups is 1. The van der Waals surface area contributed by atoms with Crippen LogP contribution in [-0.4, -0.2) is 13.6 Å². The molecule has 0 saturated carbocycles. The van der Waals surface area contributed by atoms with Gasteiger partial charge < -0.3 is 5.32 Å². The summed E-state index contributed by atoms with van der Waals surface area (Å²) < 4.78 is 40.9. The van der Waals surface area contributed by atoms with E-state index in [1.165, 1.54) is 30.0 Å². The molecule has 0 fully saturated rings. The van der Waals surface area contributed by atoms with E-state index in [1.54, 1.807) is 30.3 Å². The molecular weight excluding hydrogens is 311 g/mol. The molecule has 21 heavy (non-hydrogen) atoms. The number of benzene rings is 2. The first-order valence-electron chi connectivity index (χ1n) is 6.13. The SMILES string of the molecule is O=S1(=O)N=C(SCc2cccc(F)c2)Nc2ccccc21. The molecule has 1 N–H and O–H groups in total. The van der Waals surface area contributed by atoms with E-state index in [2.05, 4.69) is 9.71 Å². The maximum atomic E-state index is 13.1. The number of hydrogen-bond acceptors (Lipinski definition) is 4. The molecule has 2 aromatic rings. The third kappa shape index (κ3) is 3.08. The van der Waals surface area contributed by atoms with Crippen LogP contribution in [0.4, 0.5) is 10.1 Å². The van der Waals surface area contributed by atoms with Gasteiger partial charge in [0, 0.05) is 5.75 Å². The second kappa shape index (κ2) is 5.50. The van der Waals surface area contributed by atoms with E-state index in [-0.39, 0.29) is 15.9 Å². The number of sulfonamides is 1. The fourth-order valence-corrected chi connectivity index (χ4v) is 4.11. The van der Waals surface area contributed by atoms with Crippen molar-refractivity contribution in [3.05, 3.63) is 59.9 Å². The van der Waals surface area contributed by atoms with E-state index >= 15 is 0 Å². The molecule has 0 spiro atoms. The second-order valence-corrected chi connectivity index (χ2v) is 6.95. The van der Waals surface area contributed by atoms with Crippen molar-refractivity contribution >= 4 is 32.6 Å². The van der Waals surface area contributed by atoms with Crippen molar-refractivity contribution in [1.82, 2.24) is 0 Å². The summed E-state index contributed by atoms with van der Waals surface area (Å²) in [7, 11) is -3.67. The van der Waals surface area contributed by atoms with Gasteiger partial charge >= 0.3 is 0 Å². The van der Waals surface area contributed by atoms with Gasteiger partial charge in [0.2, 0.25) is 0 Å². The van der Waals surface area contributed by atoms with Crippen LogP contribution in [0.15, 0.2) is 57.8 Å². The van der Waals surface area contributed by atoms with Crippen molar-refractivity contribution in [1.29, 1.82) is 0 Å². The van der Waals surface area contributed by atoms with Crippen LogP contribution in [0.2, 0.25) is 0 Å². The second-order valence-electron chi connectivity index (χ2n) is 4.41. The van der Waals surface area contributed by atoms with Gasteiger partial charge in [-0.15, -0.1) is 4.40 Å². The Balaban J connectivity index is 1.81. The number of nitrogens with one attached hydrogen (secondary N) is 1. The summed E-state index contributed by atoms with van der Waals surface area (Å²) in [4.78, 5) is 0.167.